The van der Waals surface area contributed by atoms with Gasteiger partial charge >= 0.3 is 12.0 Å². The Kier molecular flexibility index (Phi) is 7.85. The fourth-order valence-corrected chi connectivity index (χ4v) is 3.85. The molecule has 11 nitrogen and oxygen atoms in total. The number of benzene rings is 2. The number of esters is 1. The second-order valence-corrected chi connectivity index (χ2v) is 8.60. The first kappa shape index (κ1) is 24.0. The van der Waals surface area contributed by atoms with Crippen molar-refractivity contribution in [3.8, 4) is 11.5 Å². The minimum atomic E-state index is -4.10. The van der Waals surface area contributed by atoms with Crippen molar-refractivity contribution in [3.63, 3.8) is 0 Å². The highest BCUT2D eigenvalue weighted by atomic mass is 32.2. The summed E-state index contributed by atoms with van der Waals surface area (Å²) in [7, 11) is -2.78. The predicted molar refractivity (Wildman–Crippen MR) is 115 cm³/mol. The number of sulfonamides is 1. The standard InChI is InChI=1S/C21H23N3O8S/c1-22-21(27)24-20(26)19(14-6-3-2-4-7-14)32-18(25)13-23-33(28,29)15-8-9-16-17(12-15)31-11-5-10-30-16/h2-4,6-9,12,19,23H,5,10-11,13H2,1H3,(H2,22,24,26,27). The normalized spacial score (nSPS) is 13.8. The summed E-state index contributed by atoms with van der Waals surface area (Å²) in [5, 5.41) is 4.26. The van der Waals surface area contributed by atoms with Crippen molar-refractivity contribution >= 4 is 27.9 Å². The zero-order valence-electron chi connectivity index (χ0n) is 17.7. The van der Waals surface area contributed by atoms with E-state index in [0.29, 0.717) is 30.9 Å². The Morgan fingerprint density at radius 1 is 1.03 bits per heavy atom. The Hall–Kier alpha value is -3.64. The number of hydrogen-bond acceptors (Lipinski definition) is 8. The van der Waals surface area contributed by atoms with E-state index >= 15 is 0 Å². The first-order valence-electron chi connectivity index (χ1n) is 9.96. The molecule has 3 amide bonds. The summed E-state index contributed by atoms with van der Waals surface area (Å²) in [5.41, 5.74) is 0.304. The van der Waals surface area contributed by atoms with Crippen LogP contribution in [0.4, 0.5) is 4.79 Å². The topological polar surface area (TPSA) is 149 Å². The lowest BCUT2D eigenvalue weighted by Gasteiger charge is -2.18. The Morgan fingerprint density at radius 2 is 1.73 bits per heavy atom. The number of carbonyl (C=O) groups is 3. The number of rotatable bonds is 7. The molecule has 1 atom stereocenters. The van der Waals surface area contributed by atoms with Gasteiger partial charge in [-0.3, -0.25) is 14.9 Å². The van der Waals surface area contributed by atoms with Gasteiger partial charge in [0.25, 0.3) is 5.91 Å². The molecule has 1 aliphatic rings. The van der Waals surface area contributed by atoms with Crippen LogP contribution in [0, 0.1) is 0 Å². The number of imide groups is 1. The molecule has 3 rings (SSSR count). The summed E-state index contributed by atoms with van der Waals surface area (Å²) in [4.78, 5) is 36.1. The minimum absolute atomic E-state index is 0.128. The average molecular weight is 477 g/mol. The number of nitrogens with one attached hydrogen (secondary N) is 3. The molecule has 0 fully saturated rings. The molecule has 0 aromatic heterocycles. The van der Waals surface area contributed by atoms with Gasteiger partial charge in [0, 0.05) is 25.1 Å². The molecule has 0 saturated carbocycles. The van der Waals surface area contributed by atoms with E-state index in [-0.39, 0.29) is 10.6 Å². The summed E-state index contributed by atoms with van der Waals surface area (Å²) in [6, 6.07) is 11.3. The molecule has 0 spiro atoms. The van der Waals surface area contributed by atoms with E-state index in [9.17, 15) is 22.8 Å². The largest absolute Gasteiger partial charge is 0.490 e. The van der Waals surface area contributed by atoms with Crippen LogP contribution in [0.2, 0.25) is 0 Å². The van der Waals surface area contributed by atoms with Gasteiger partial charge in [-0.05, 0) is 12.1 Å². The third kappa shape index (κ3) is 6.43. The lowest BCUT2D eigenvalue weighted by Crippen LogP contribution is -2.42. The maximum absolute atomic E-state index is 12.6. The van der Waals surface area contributed by atoms with Crippen molar-refractivity contribution in [1.29, 1.82) is 0 Å². The van der Waals surface area contributed by atoms with Gasteiger partial charge in [0.2, 0.25) is 16.1 Å². The van der Waals surface area contributed by atoms with Crippen LogP contribution in [0.1, 0.15) is 18.1 Å². The van der Waals surface area contributed by atoms with Crippen LogP contribution in [-0.2, 0) is 24.3 Å². The summed E-state index contributed by atoms with van der Waals surface area (Å²) in [6.07, 6.45) is -0.796. The Bertz CT molecular complexity index is 1120. The first-order valence-corrected chi connectivity index (χ1v) is 11.4. The van der Waals surface area contributed by atoms with Crippen molar-refractivity contribution in [2.24, 2.45) is 0 Å². The highest BCUT2D eigenvalue weighted by Crippen LogP contribution is 2.31. The number of fused-ring (bicyclic) bond motifs is 1. The number of amides is 3. The Labute approximate surface area is 190 Å². The average Bonchev–Trinajstić information content (AvgIpc) is 3.06. The molecule has 12 heteroatoms. The number of carbonyl (C=O) groups excluding carboxylic acids is 3. The van der Waals surface area contributed by atoms with Crippen LogP contribution in [-0.4, -0.2) is 53.1 Å². The van der Waals surface area contributed by atoms with E-state index in [1.54, 1.807) is 18.2 Å². The van der Waals surface area contributed by atoms with Crippen LogP contribution >= 0.6 is 0 Å². The minimum Gasteiger partial charge on any atom is -0.490 e. The zero-order valence-corrected chi connectivity index (χ0v) is 18.5. The monoisotopic (exact) mass is 477 g/mol. The molecule has 3 N–H and O–H groups in total. The fraction of sp³-hybridized carbons (Fsp3) is 0.286. The lowest BCUT2D eigenvalue weighted by molar-refractivity contribution is -0.155. The van der Waals surface area contributed by atoms with Gasteiger partial charge < -0.3 is 19.5 Å². The fourth-order valence-electron chi connectivity index (χ4n) is 2.86. The SMILES string of the molecule is CNC(=O)NC(=O)C(OC(=O)CNS(=O)(=O)c1ccc2c(c1)OCCCO2)c1ccccc1. The maximum Gasteiger partial charge on any atom is 0.322 e. The van der Waals surface area contributed by atoms with E-state index < -0.39 is 40.6 Å². The van der Waals surface area contributed by atoms with E-state index in [2.05, 4.69) is 10.0 Å². The summed E-state index contributed by atoms with van der Waals surface area (Å²) in [6.45, 7) is 0.0991. The zero-order chi connectivity index (χ0) is 23.8. The van der Waals surface area contributed by atoms with Crippen molar-refractivity contribution < 1.29 is 37.0 Å². The quantitative estimate of drug-likeness (QED) is 0.497. The Balaban J connectivity index is 1.68. The van der Waals surface area contributed by atoms with Gasteiger partial charge in [-0.15, -0.1) is 0 Å². The summed E-state index contributed by atoms with van der Waals surface area (Å²) < 4.78 is 43.6. The number of hydrogen-bond donors (Lipinski definition) is 3. The van der Waals surface area contributed by atoms with Crippen LogP contribution in [0.5, 0.6) is 11.5 Å². The third-order valence-corrected chi connectivity index (χ3v) is 5.89. The molecule has 2 aromatic carbocycles. The van der Waals surface area contributed by atoms with Crippen molar-refractivity contribution in [2.45, 2.75) is 17.4 Å². The van der Waals surface area contributed by atoms with Crippen LogP contribution < -0.4 is 24.8 Å². The van der Waals surface area contributed by atoms with E-state index in [0.717, 1.165) is 0 Å². The van der Waals surface area contributed by atoms with Gasteiger partial charge in [-0.2, -0.15) is 4.72 Å². The highest BCUT2D eigenvalue weighted by molar-refractivity contribution is 7.89. The molecular formula is C21H23N3O8S. The maximum atomic E-state index is 12.6. The molecule has 0 aliphatic carbocycles. The second kappa shape index (κ2) is 10.8. The molecule has 176 valence electrons. The van der Waals surface area contributed by atoms with Gasteiger partial charge in [-0.1, -0.05) is 30.3 Å². The molecule has 0 bridgehead atoms. The van der Waals surface area contributed by atoms with Gasteiger partial charge in [0.1, 0.15) is 6.54 Å². The molecule has 33 heavy (non-hydrogen) atoms. The Morgan fingerprint density at radius 3 is 2.42 bits per heavy atom. The number of ether oxygens (including phenoxy) is 3. The van der Waals surface area contributed by atoms with E-state index in [4.69, 9.17) is 14.2 Å². The lowest BCUT2D eigenvalue weighted by atomic mass is 10.1. The molecule has 0 saturated heterocycles. The molecule has 0 radical (unpaired) electrons. The van der Waals surface area contributed by atoms with E-state index in [1.807, 2.05) is 5.32 Å². The second-order valence-electron chi connectivity index (χ2n) is 6.83. The number of urea groups is 1. The van der Waals surface area contributed by atoms with Gasteiger partial charge in [0.05, 0.1) is 18.1 Å². The van der Waals surface area contributed by atoms with Crippen molar-refractivity contribution in [1.82, 2.24) is 15.4 Å². The third-order valence-electron chi connectivity index (χ3n) is 4.49. The molecule has 1 heterocycles. The summed E-state index contributed by atoms with van der Waals surface area (Å²) in [5.74, 6) is -1.19. The van der Waals surface area contributed by atoms with Gasteiger partial charge in [-0.25, -0.2) is 13.2 Å². The van der Waals surface area contributed by atoms with Gasteiger partial charge in [0.15, 0.2) is 11.5 Å². The van der Waals surface area contributed by atoms with Crippen LogP contribution in [0.3, 0.4) is 0 Å². The highest BCUT2D eigenvalue weighted by Gasteiger charge is 2.27. The molecular weight excluding hydrogens is 454 g/mol. The van der Waals surface area contributed by atoms with Crippen molar-refractivity contribution in [3.05, 3.63) is 54.1 Å². The predicted octanol–water partition coefficient (Wildman–Crippen LogP) is 0.866. The molecule has 1 unspecified atom stereocenters. The molecule has 1 aliphatic heterocycles. The van der Waals surface area contributed by atoms with Crippen LogP contribution in [0.15, 0.2) is 53.4 Å². The van der Waals surface area contributed by atoms with Crippen molar-refractivity contribution in [2.75, 3.05) is 26.8 Å². The first-order chi connectivity index (χ1) is 15.8. The van der Waals surface area contributed by atoms with Crippen LogP contribution in [0.25, 0.3) is 0 Å². The van der Waals surface area contributed by atoms with E-state index in [1.165, 1.54) is 37.4 Å². The summed E-state index contributed by atoms with van der Waals surface area (Å²) >= 11 is 0. The smallest absolute Gasteiger partial charge is 0.322 e. The molecule has 2 aromatic rings.